The summed E-state index contributed by atoms with van der Waals surface area (Å²) < 4.78 is 11.2. The van der Waals surface area contributed by atoms with Crippen LogP contribution in [0.4, 0.5) is 0 Å². The summed E-state index contributed by atoms with van der Waals surface area (Å²) in [7, 11) is 1.85. The van der Waals surface area contributed by atoms with Crippen LogP contribution in [0, 0.1) is 5.41 Å². The van der Waals surface area contributed by atoms with Crippen molar-refractivity contribution in [3.8, 4) is 0 Å². The van der Waals surface area contributed by atoms with Crippen LogP contribution >= 0.6 is 24.0 Å². The van der Waals surface area contributed by atoms with Gasteiger partial charge < -0.3 is 19.7 Å². The number of nitrogens with zero attached hydrogens (tertiary/aromatic N) is 2. The van der Waals surface area contributed by atoms with E-state index in [0.717, 1.165) is 45.2 Å². The predicted molar refractivity (Wildman–Crippen MR) is 96.5 cm³/mol. The lowest BCUT2D eigenvalue weighted by molar-refractivity contribution is 0.0190. The summed E-state index contributed by atoms with van der Waals surface area (Å²) in [4.78, 5) is 6.70. The summed E-state index contributed by atoms with van der Waals surface area (Å²) in [5.74, 6) is 0.997. The number of hydrogen-bond donors (Lipinski definition) is 1. The molecule has 0 saturated carbocycles. The maximum atomic E-state index is 5.66. The van der Waals surface area contributed by atoms with Gasteiger partial charge in [0.15, 0.2) is 5.96 Å². The fourth-order valence-electron chi connectivity index (χ4n) is 2.85. The largest absolute Gasteiger partial charge is 0.377 e. The molecule has 124 valence electrons. The van der Waals surface area contributed by atoms with Gasteiger partial charge in [-0.1, -0.05) is 13.8 Å². The summed E-state index contributed by atoms with van der Waals surface area (Å²) in [6.45, 7) is 9.90. The van der Waals surface area contributed by atoms with Crippen molar-refractivity contribution in [1.82, 2.24) is 10.2 Å². The first-order valence-corrected chi connectivity index (χ1v) is 7.76. The van der Waals surface area contributed by atoms with Gasteiger partial charge in [-0.15, -0.1) is 24.0 Å². The molecule has 1 N–H and O–H groups in total. The number of aliphatic imine (C=N–C) groups is 1. The van der Waals surface area contributed by atoms with Crippen molar-refractivity contribution >= 4 is 29.9 Å². The van der Waals surface area contributed by atoms with Gasteiger partial charge in [0, 0.05) is 33.3 Å². The Labute approximate surface area is 145 Å². The van der Waals surface area contributed by atoms with Crippen molar-refractivity contribution in [3.05, 3.63) is 0 Å². The van der Waals surface area contributed by atoms with Gasteiger partial charge in [-0.3, -0.25) is 4.99 Å². The van der Waals surface area contributed by atoms with Crippen molar-refractivity contribution in [2.75, 3.05) is 46.5 Å². The van der Waals surface area contributed by atoms with Crippen LogP contribution in [0.1, 0.15) is 33.1 Å². The molecule has 0 aromatic rings. The standard InChI is InChI=1S/C15H29N3O2.HI/c1-15(2)6-8-18(12-15)14(16-3)17-7-10-19-11-13-5-4-9-20-13;/h13H,4-12H2,1-3H3,(H,16,17);1H. The highest BCUT2D eigenvalue weighted by molar-refractivity contribution is 14.0. The molecule has 0 bridgehead atoms. The minimum absolute atomic E-state index is 0. The van der Waals surface area contributed by atoms with Crippen LogP contribution in [0.3, 0.4) is 0 Å². The first kappa shape index (κ1) is 19.0. The fraction of sp³-hybridized carbons (Fsp3) is 0.933. The van der Waals surface area contributed by atoms with E-state index in [9.17, 15) is 0 Å². The molecule has 1 unspecified atom stereocenters. The van der Waals surface area contributed by atoms with Gasteiger partial charge in [-0.25, -0.2) is 0 Å². The van der Waals surface area contributed by atoms with E-state index in [2.05, 4.69) is 29.1 Å². The molecular weight excluding hydrogens is 381 g/mol. The van der Waals surface area contributed by atoms with E-state index in [1.807, 2.05) is 7.05 Å². The second-order valence-electron chi connectivity index (χ2n) is 6.52. The van der Waals surface area contributed by atoms with Gasteiger partial charge in [-0.2, -0.15) is 0 Å². The highest BCUT2D eigenvalue weighted by Crippen LogP contribution is 2.28. The number of guanidine groups is 1. The molecule has 2 aliphatic rings. The summed E-state index contributed by atoms with van der Waals surface area (Å²) in [6.07, 6.45) is 3.85. The second-order valence-corrected chi connectivity index (χ2v) is 6.52. The lowest BCUT2D eigenvalue weighted by Gasteiger charge is -2.23. The molecular formula is C15H30IN3O2. The monoisotopic (exact) mass is 411 g/mol. The van der Waals surface area contributed by atoms with Gasteiger partial charge in [0.2, 0.25) is 0 Å². The molecule has 0 radical (unpaired) electrons. The van der Waals surface area contributed by atoms with E-state index >= 15 is 0 Å². The number of hydrogen-bond acceptors (Lipinski definition) is 3. The maximum absolute atomic E-state index is 5.66. The zero-order chi connectivity index (χ0) is 14.4. The Balaban J connectivity index is 0.00000220. The van der Waals surface area contributed by atoms with Gasteiger partial charge in [-0.05, 0) is 24.7 Å². The highest BCUT2D eigenvalue weighted by Gasteiger charge is 2.30. The van der Waals surface area contributed by atoms with Crippen molar-refractivity contribution in [2.45, 2.75) is 39.2 Å². The van der Waals surface area contributed by atoms with Crippen molar-refractivity contribution in [3.63, 3.8) is 0 Å². The van der Waals surface area contributed by atoms with Crippen LogP contribution in [0.25, 0.3) is 0 Å². The first-order valence-electron chi connectivity index (χ1n) is 7.76. The topological polar surface area (TPSA) is 46.1 Å². The highest BCUT2D eigenvalue weighted by atomic mass is 127. The van der Waals surface area contributed by atoms with Crippen molar-refractivity contribution < 1.29 is 9.47 Å². The third kappa shape index (κ3) is 6.28. The Morgan fingerprint density at radius 1 is 1.48 bits per heavy atom. The molecule has 0 spiro atoms. The molecule has 0 aromatic heterocycles. The lowest BCUT2D eigenvalue weighted by atomic mass is 9.93. The number of nitrogens with one attached hydrogen (secondary N) is 1. The quantitative estimate of drug-likeness (QED) is 0.326. The molecule has 0 aromatic carbocycles. The zero-order valence-electron chi connectivity index (χ0n) is 13.6. The minimum atomic E-state index is 0. The molecule has 6 heteroatoms. The molecule has 5 nitrogen and oxygen atoms in total. The van der Waals surface area contributed by atoms with E-state index < -0.39 is 0 Å². The molecule has 0 aliphatic carbocycles. The lowest BCUT2D eigenvalue weighted by Crippen LogP contribution is -2.42. The SMILES string of the molecule is CN=C(NCCOCC1CCCO1)N1CCC(C)(C)C1.I. The number of ether oxygens (including phenoxy) is 2. The molecule has 2 heterocycles. The summed E-state index contributed by atoms with van der Waals surface area (Å²) in [5, 5.41) is 3.38. The molecule has 2 rings (SSSR count). The predicted octanol–water partition coefficient (Wildman–Crippen LogP) is 2.11. The Hall–Kier alpha value is -0.0800. The Morgan fingerprint density at radius 3 is 2.86 bits per heavy atom. The molecule has 0 amide bonds. The van der Waals surface area contributed by atoms with Crippen molar-refractivity contribution in [2.24, 2.45) is 10.4 Å². The average Bonchev–Trinajstić information content (AvgIpc) is 3.03. The van der Waals surface area contributed by atoms with Gasteiger partial charge in [0.1, 0.15) is 0 Å². The van der Waals surface area contributed by atoms with E-state index in [1.54, 1.807) is 0 Å². The third-order valence-electron chi connectivity index (χ3n) is 4.05. The Morgan fingerprint density at radius 2 is 2.29 bits per heavy atom. The summed E-state index contributed by atoms with van der Waals surface area (Å²) >= 11 is 0. The maximum Gasteiger partial charge on any atom is 0.193 e. The third-order valence-corrected chi connectivity index (χ3v) is 4.05. The van der Waals surface area contributed by atoms with Gasteiger partial charge in [0.25, 0.3) is 0 Å². The van der Waals surface area contributed by atoms with E-state index in [1.165, 1.54) is 12.8 Å². The van der Waals surface area contributed by atoms with E-state index in [0.29, 0.717) is 18.1 Å². The number of halogens is 1. The number of rotatable bonds is 5. The van der Waals surface area contributed by atoms with Crippen LogP contribution < -0.4 is 5.32 Å². The van der Waals surface area contributed by atoms with Crippen molar-refractivity contribution in [1.29, 1.82) is 0 Å². The molecule has 2 fully saturated rings. The summed E-state index contributed by atoms with van der Waals surface area (Å²) in [5.41, 5.74) is 0.397. The average molecular weight is 411 g/mol. The summed E-state index contributed by atoms with van der Waals surface area (Å²) in [6, 6.07) is 0. The van der Waals surface area contributed by atoms with Crippen LogP contribution in [-0.4, -0.2) is 63.5 Å². The van der Waals surface area contributed by atoms with Crippen LogP contribution in [0.15, 0.2) is 4.99 Å². The second kappa shape index (κ2) is 9.15. The van der Waals surface area contributed by atoms with Crippen LogP contribution in [-0.2, 0) is 9.47 Å². The minimum Gasteiger partial charge on any atom is -0.377 e. The Kier molecular flexibility index (Phi) is 8.26. The molecule has 21 heavy (non-hydrogen) atoms. The Bertz CT molecular complexity index is 331. The van der Waals surface area contributed by atoms with Gasteiger partial charge >= 0.3 is 0 Å². The number of likely N-dealkylation sites (tertiary alicyclic amines) is 1. The zero-order valence-corrected chi connectivity index (χ0v) is 15.9. The van der Waals surface area contributed by atoms with Gasteiger partial charge in [0.05, 0.1) is 19.3 Å². The van der Waals surface area contributed by atoms with Crippen LogP contribution in [0.5, 0.6) is 0 Å². The molecule has 1 atom stereocenters. The first-order chi connectivity index (χ1) is 9.61. The molecule has 2 saturated heterocycles. The smallest absolute Gasteiger partial charge is 0.193 e. The van der Waals surface area contributed by atoms with E-state index in [-0.39, 0.29) is 24.0 Å². The normalized spacial score (nSPS) is 25.0. The van der Waals surface area contributed by atoms with E-state index in [4.69, 9.17) is 9.47 Å². The fourth-order valence-corrected chi connectivity index (χ4v) is 2.85. The molecule has 2 aliphatic heterocycles. The van der Waals surface area contributed by atoms with Crippen LogP contribution in [0.2, 0.25) is 0 Å².